The van der Waals surface area contributed by atoms with Gasteiger partial charge in [-0.25, -0.2) is 0 Å². The van der Waals surface area contributed by atoms with Gasteiger partial charge in [-0.05, 0) is 48.9 Å². The van der Waals surface area contributed by atoms with Crippen molar-refractivity contribution in [1.29, 1.82) is 0 Å². The number of nitrogens with one attached hydrogen (secondary N) is 1. The third-order valence-electron chi connectivity index (χ3n) is 5.60. The second-order valence-electron chi connectivity index (χ2n) is 7.79. The summed E-state index contributed by atoms with van der Waals surface area (Å²) < 4.78 is 1.50. The standard InChI is InChI=1S/C25H20ClN5O2/c1-15-9-18(5-7-27-15)25-20-12-21(28-13-22(20)29-30-25)16-6-8-31(24(33)11-16)23(14-32)17-3-2-4-19(26)10-17/h2-13,23,32H,14H2,1H3,(H,29,30)/t23-/m1/s1. The second kappa shape index (κ2) is 8.61. The second-order valence-corrected chi connectivity index (χ2v) is 8.22. The molecule has 5 aromatic rings. The Bertz CT molecular complexity index is 1530. The van der Waals surface area contributed by atoms with Crippen LogP contribution < -0.4 is 5.56 Å². The van der Waals surface area contributed by atoms with E-state index in [0.29, 0.717) is 16.3 Å². The van der Waals surface area contributed by atoms with Gasteiger partial charge in [0.2, 0.25) is 0 Å². The minimum atomic E-state index is -0.531. The van der Waals surface area contributed by atoms with Crippen molar-refractivity contribution < 1.29 is 5.11 Å². The van der Waals surface area contributed by atoms with E-state index in [2.05, 4.69) is 20.2 Å². The van der Waals surface area contributed by atoms with Gasteiger partial charge in [-0.2, -0.15) is 5.10 Å². The summed E-state index contributed by atoms with van der Waals surface area (Å²) in [6.07, 6.45) is 5.14. The van der Waals surface area contributed by atoms with Gasteiger partial charge in [-0.1, -0.05) is 23.7 Å². The van der Waals surface area contributed by atoms with Crippen molar-refractivity contribution in [2.75, 3.05) is 6.61 Å². The van der Waals surface area contributed by atoms with Gasteiger partial charge in [0.1, 0.15) is 5.69 Å². The average Bonchev–Trinajstić information content (AvgIpc) is 3.24. The van der Waals surface area contributed by atoms with E-state index in [1.165, 1.54) is 10.6 Å². The Balaban J connectivity index is 1.55. The highest BCUT2D eigenvalue weighted by Gasteiger charge is 2.16. The number of aromatic amines is 1. The van der Waals surface area contributed by atoms with Gasteiger partial charge in [0.15, 0.2) is 0 Å². The van der Waals surface area contributed by atoms with Crippen molar-refractivity contribution in [3.8, 4) is 22.5 Å². The normalized spacial score (nSPS) is 12.2. The van der Waals surface area contributed by atoms with Crippen molar-refractivity contribution in [2.24, 2.45) is 0 Å². The molecule has 7 nitrogen and oxygen atoms in total. The molecule has 8 heteroatoms. The van der Waals surface area contributed by atoms with Gasteiger partial charge >= 0.3 is 0 Å². The number of hydrogen-bond acceptors (Lipinski definition) is 5. The number of nitrogens with zero attached hydrogens (tertiary/aromatic N) is 4. The van der Waals surface area contributed by atoms with Gasteiger partial charge in [0, 0.05) is 45.7 Å². The fourth-order valence-electron chi connectivity index (χ4n) is 3.96. The molecule has 4 aromatic heterocycles. The molecule has 4 heterocycles. The van der Waals surface area contributed by atoms with Crippen LogP contribution in [-0.4, -0.2) is 36.4 Å². The zero-order valence-corrected chi connectivity index (χ0v) is 18.5. The van der Waals surface area contributed by atoms with E-state index in [1.54, 1.807) is 36.8 Å². The smallest absolute Gasteiger partial charge is 0.251 e. The first-order chi connectivity index (χ1) is 16.0. The first-order valence-electron chi connectivity index (χ1n) is 10.4. The largest absolute Gasteiger partial charge is 0.394 e. The molecule has 1 atom stereocenters. The molecule has 5 rings (SSSR count). The van der Waals surface area contributed by atoms with Crippen LogP contribution in [0.25, 0.3) is 33.4 Å². The monoisotopic (exact) mass is 457 g/mol. The van der Waals surface area contributed by atoms with Crippen molar-refractivity contribution in [3.05, 3.63) is 99.8 Å². The number of benzene rings is 1. The van der Waals surface area contributed by atoms with Gasteiger partial charge in [-0.3, -0.25) is 19.9 Å². The molecule has 0 bridgehead atoms. The maximum Gasteiger partial charge on any atom is 0.251 e. The van der Waals surface area contributed by atoms with E-state index in [-0.39, 0.29) is 12.2 Å². The van der Waals surface area contributed by atoms with E-state index in [4.69, 9.17) is 11.6 Å². The molecule has 0 fully saturated rings. The summed E-state index contributed by atoms with van der Waals surface area (Å²) in [6.45, 7) is 1.71. The number of aliphatic hydroxyl groups excluding tert-OH is 1. The Labute approximate surface area is 194 Å². The SMILES string of the molecule is Cc1cc(-c2n[nH]c3cnc(-c4ccn([C@H](CO)c5cccc(Cl)c5)c(=O)c4)cc23)ccn1. The highest BCUT2D eigenvalue weighted by molar-refractivity contribution is 6.30. The summed E-state index contributed by atoms with van der Waals surface area (Å²) >= 11 is 6.09. The first kappa shape index (κ1) is 21.1. The maximum atomic E-state index is 13.0. The molecule has 0 aliphatic heterocycles. The Morgan fingerprint density at radius 1 is 1.09 bits per heavy atom. The van der Waals surface area contributed by atoms with Crippen LogP contribution in [0.3, 0.4) is 0 Å². The molecule has 1 aromatic carbocycles. The number of fused-ring (bicyclic) bond motifs is 1. The predicted molar refractivity (Wildman–Crippen MR) is 128 cm³/mol. The zero-order chi connectivity index (χ0) is 22.9. The van der Waals surface area contributed by atoms with Crippen molar-refractivity contribution in [1.82, 2.24) is 24.7 Å². The van der Waals surface area contributed by atoms with Crippen molar-refractivity contribution >= 4 is 22.5 Å². The Morgan fingerprint density at radius 2 is 1.97 bits per heavy atom. The third kappa shape index (κ3) is 4.04. The van der Waals surface area contributed by atoms with Crippen LogP contribution in [0.4, 0.5) is 0 Å². The van der Waals surface area contributed by atoms with Gasteiger partial charge in [-0.15, -0.1) is 0 Å². The molecule has 0 spiro atoms. The molecule has 0 saturated heterocycles. The van der Waals surface area contributed by atoms with Crippen LogP contribution >= 0.6 is 11.6 Å². The summed E-state index contributed by atoms with van der Waals surface area (Å²) in [4.78, 5) is 21.7. The zero-order valence-electron chi connectivity index (χ0n) is 17.7. The average molecular weight is 458 g/mol. The Hall–Kier alpha value is -3.81. The van der Waals surface area contributed by atoms with Gasteiger partial charge in [0.25, 0.3) is 5.56 Å². The molecule has 0 aliphatic carbocycles. The molecular weight excluding hydrogens is 438 g/mol. The van der Waals surface area contributed by atoms with Crippen molar-refractivity contribution in [2.45, 2.75) is 13.0 Å². The van der Waals surface area contributed by atoms with Crippen LogP contribution in [0.5, 0.6) is 0 Å². The quantitative estimate of drug-likeness (QED) is 0.408. The predicted octanol–water partition coefficient (Wildman–Crippen LogP) is 4.39. The summed E-state index contributed by atoms with van der Waals surface area (Å²) in [5.74, 6) is 0. The van der Waals surface area contributed by atoms with Crippen LogP contribution in [0.15, 0.2) is 78.0 Å². The summed E-state index contributed by atoms with van der Waals surface area (Å²) in [6, 6.07) is 15.8. The fourth-order valence-corrected chi connectivity index (χ4v) is 4.16. The highest BCUT2D eigenvalue weighted by Crippen LogP contribution is 2.29. The molecule has 0 saturated carbocycles. The van der Waals surface area contributed by atoms with E-state index in [1.807, 2.05) is 37.3 Å². The minimum Gasteiger partial charge on any atom is -0.394 e. The molecule has 0 radical (unpaired) electrons. The molecule has 2 N–H and O–H groups in total. The summed E-state index contributed by atoms with van der Waals surface area (Å²) in [7, 11) is 0. The molecule has 0 unspecified atom stereocenters. The number of halogens is 1. The van der Waals surface area contributed by atoms with Gasteiger partial charge < -0.3 is 9.67 Å². The van der Waals surface area contributed by atoms with Crippen LogP contribution in [0.2, 0.25) is 5.02 Å². The fraction of sp³-hybridized carbons (Fsp3) is 0.120. The minimum absolute atomic E-state index is 0.229. The van der Waals surface area contributed by atoms with Crippen LogP contribution in [-0.2, 0) is 0 Å². The highest BCUT2D eigenvalue weighted by atomic mass is 35.5. The summed E-state index contributed by atoms with van der Waals surface area (Å²) in [5, 5.41) is 18.9. The lowest BCUT2D eigenvalue weighted by atomic mass is 10.1. The molecule has 33 heavy (non-hydrogen) atoms. The van der Waals surface area contributed by atoms with Crippen LogP contribution in [0, 0.1) is 6.92 Å². The number of aromatic nitrogens is 5. The molecule has 164 valence electrons. The molecule has 0 aliphatic rings. The van der Waals surface area contributed by atoms with E-state index in [0.717, 1.165) is 33.4 Å². The van der Waals surface area contributed by atoms with E-state index < -0.39 is 6.04 Å². The maximum absolute atomic E-state index is 13.0. The van der Waals surface area contributed by atoms with Crippen molar-refractivity contribution in [3.63, 3.8) is 0 Å². The van der Waals surface area contributed by atoms with E-state index >= 15 is 0 Å². The Morgan fingerprint density at radius 3 is 2.73 bits per heavy atom. The number of rotatable bonds is 5. The number of aliphatic hydroxyl groups is 1. The number of H-pyrrole nitrogens is 1. The lowest BCUT2D eigenvalue weighted by Crippen LogP contribution is -2.26. The molecular formula is C25H20ClN5O2. The lowest BCUT2D eigenvalue weighted by molar-refractivity contribution is 0.247. The number of aryl methyl sites for hydroxylation is 1. The number of hydrogen-bond donors (Lipinski definition) is 2. The van der Waals surface area contributed by atoms with E-state index in [9.17, 15) is 9.90 Å². The molecule has 0 amide bonds. The van der Waals surface area contributed by atoms with Crippen LogP contribution in [0.1, 0.15) is 17.3 Å². The van der Waals surface area contributed by atoms with Gasteiger partial charge in [0.05, 0.1) is 30.1 Å². The first-order valence-corrected chi connectivity index (χ1v) is 10.8. The topological polar surface area (TPSA) is 96.7 Å². The lowest BCUT2D eigenvalue weighted by Gasteiger charge is -2.18. The summed E-state index contributed by atoms with van der Waals surface area (Å²) in [5.41, 5.74) is 5.31. The number of pyridine rings is 3. The third-order valence-corrected chi connectivity index (χ3v) is 5.84. The Kier molecular flexibility index (Phi) is 5.50.